The minimum Gasteiger partial charge on any atom is -0.369 e. The van der Waals surface area contributed by atoms with Crippen molar-refractivity contribution in [2.75, 3.05) is 37.4 Å². The maximum absolute atomic E-state index is 4.73. The van der Waals surface area contributed by atoms with Gasteiger partial charge in [0, 0.05) is 25.0 Å². The first-order chi connectivity index (χ1) is 12.7. The number of nitrogens with zero attached hydrogens (tertiary/aromatic N) is 4. The zero-order valence-electron chi connectivity index (χ0n) is 15.3. The van der Waals surface area contributed by atoms with Crippen LogP contribution in [-0.2, 0) is 6.54 Å². The standard InChI is InChI=1S/C21H25N5/c1-25(2)16-15-22-20-13-14-23-21(24-20)26(19-11-7-4-8-12-19)17-18-9-5-3-6-10-18/h3-14H,15-17H2,1-2H3,(H,22,23,24). The predicted molar refractivity (Wildman–Crippen MR) is 108 cm³/mol. The van der Waals surface area contributed by atoms with E-state index in [0.29, 0.717) is 12.5 Å². The molecule has 1 N–H and O–H groups in total. The number of aromatic nitrogens is 2. The molecule has 0 aliphatic heterocycles. The normalized spacial score (nSPS) is 10.7. The third-order valence-corrected chi connectivity index (χ3v) is 4.00. The Morgan fingerprint density at radius 1 is 0.885 bits per heavy atom. The summed E-state index contributed by atoms with van der Waals surface area (Å²) >= 11 is 0. The molecule has 0 radical (unpaired) electrons. The van der Waals surface area contributed by atoms with Crippen molar-refractivity contribution in [2.45, 2.75) is 6.54 Å². The molecule has 0 amide bonds. The number of nitrogens with one attached hydrogen (secondary N) is 1. The summed E-state index contributed by atoms with van der Waals surface area (Å²) < 4.78 is 0. The molecule has 0 saturated heterocycles. The molecule has 5 heteroatoms. The van der Waals surface area contributed by atoms with Crippen LogP contribution >= 0.6 is 0 Å². The molecule has 0 unspecified atom stereocenters. The van der Waals surface area contributed by atoms with Gasteiger partial charge in [-0.05, 0) is 37.9 Å². The maximum atomic E-state index is 4.73. The average molecular weight is 347 g/mol. The van der Waals surface area contributed by atoms with E-state index < -0.39 is 0 Å². The Kier molecular flexibility index (Phi) is 6.17. The molecule has 3 aromatic rings. The van der Waals surface area contributed by atoms with E-state index in [0.717, 1.165) is 24.6 Å². The van der Waals surface area contributed by atoms with Crippen LogP contribution in [0.3, 0.4) is 0 Å². The second kappa shape index (κ2) is 8.97. The Morgan fingerprint density at radius 3 is 2.27 bits per heavy atom. The number of benzene rings is 2. The molecule has 0 bridgehead atoms. The van der Waals surface area contributed by atoms with E-state index in [1.807, 2.05) is 30.3 Å². The van der Waals surface area contributed by atoms with E-state index in [1.165, 1.54) is 5.56 Å². The minimum atomic E-state index is 0.690. The van der Waals surface area contributed by atoms with E-state index in [9.17, 15) is 0 Å². The monoisotopic (exact) mass is 347 g/mol. The summed E-state index contributed by atoms with van der Waals surface area (Å²) in [5.74, 6) is 1.53. The first kappa shape index (κ1) is 17.9. The quantitative estimate of drug-likeness (QED) is 0.672. The van der Waals surface area contributed by atoms with E-state index in [2.05, 4.69) is 70.6 Å². The summed E-state index contributed by atoms with van der Waals surface area (Å²) in [6.45, 7) is 2.51. The topological polar surface area (TPSA) is 44.3 Å². The van der Waals surface area contributed by atoms with E-state index >= 15 is 0 Å². The summed E-state index contributed by atoms with van der Waals surface area (Å²) in [5.41, 5.74) is 2.28. The van der Waals surface area contributed by atoms with Crippen molar-refractivity contribution in [3.8, 4) is 0 Å². The summed E-state index contributed by atoms with van der Waals surface area (Å²) in [6.07, 6.45) is 1.81. The van der Waals surface area contributed by atoms with Crippen molar-refractivity contribution in [2.24, 2.45) is 0 Å². The molecular weight excluding hydrogens is 322 g/mol. The van der Waals surface area contributed by atoms with Crippen LogP contribution in [0.25, 0.3) is 0 Å². The molecule has 1 aromatic heterocycles. The van der Waals surface area contributed by atoms with Crippen molar-refractivity contribution in [1.29, 1.82) is 0 Å². The van der Waals surface area contributed by atoms with Crippen LogP contribution in [0.2, 0.25) is 0 Å². The molecule has 5 nitrogen and oxygen atoms in total. The average Bonchev–Trinajstić information content (AvgIpc) is 2.67. The highest BCUT2D eigenvalue weighted by Crippen LogP contribution is 2.25. The Morgan fingerprint density at radius 2 is 1.58 bits per heavy atom. The largest absolute Gasteiger partial charge is 0.369 e. The maximum Gasteiger partial charge on any atom is 0.232 e. The zero-order chi connectivity index (χ0) is 18.2. The van der Waals surface area contributed by atoms with Gasteiger partial charge < -0.3 is 15.1 Å². The van der Waals surface area contributed by atoms with Gasteiger partial charge in [-0.3, -0.25) is 0 Å². The highest BCUT2D eigenvalue weighted by molar-refractivity contribution is 5.58. The van der Waals surface area contributed by atoms with Gasteiger partial charge in [-0.15, -0.1) is 0 Å². The summed E-state index contributed by atoms with van der Waals surface area (Å²) in [7, 11) is 4.12. The molecule has 0 aliphatic rings. The number of rotatable bonds is 8. The molecule has 3 rings (SSSR count). The molecule has 0 aliphatic carbocycles. The molecule has 0 fully saturated rings. The van der Waals surface area contributed by atoms with Crippen LogP contribution in [0.4, 0.5) is 17.5 Å². The van der Waals surface area contributed by atoms with Crippen molar-refractivity contribution in [3.63, 3.8) is 0 Å². The van der Waals surface area contributed by atoms with E-state index in [4.69, 9.17) is 4.98 Å². The first-order valence-electron chi connectivity index (χ1n) is 8.80. The molecule has 2 aromatic carbocycles. The molecule has 134 valence electrons. The fourth-order valence-electron chi connectivity index (χ4n) is 2.64. The molecule has 0 saturated carbocycles. The summed E-state index contributed by atoms with van der Waals surface area (Å²) in [4.78, 5) is 13.5. The van der Waals surface area contributed by atoms with Gasteiger partial charge in [0.05, 0.1) is 6.54 Å². The Labute approximate surface area is 155 Å². The lowest BCUT2D eigenvalue weighted by atomic mass is 10.2. The van der Waals surface area contributed by atoms with Crippen molar-refractivity contribution >= 4 is 17.5 Å². The minimum absolute atomic E-state index is 0.690. The van der Waals surface area contributed by atoms with Crippen LogP contribution in [-0.4, -0.2) is 42.1 Å². The lowest BCUT2D eigenvalue weighted by Gasteiger charge is -2.23. The van der Waals surface area contributed by atoms with Crippen LogP contribution < -0.4 is 10.2 Å². The van der Waals surface area contributed by atoms with Gasteiger partial charge in [0.25, 0.3) is 0 Å². The Bertz CT molecular complexity index is 790. The SMILES string of the molecule is CN(C)CCNc1ccnc(N(Cc2ccccc2)c2ccccc2)n1. The fourth-order valence-corrected chi connectivity index (χ4v) is 2.64. The molecule has 0 atom stereocenters. The summed E-state index contributed by atoms with van der Waals surface area (Å²) in [5, 5.41) is 3.37. The number of para-hydroxylation sites is 1. The Balaban J connectivity index is 1.84. The highest BCUT2D eigenvalue weighted by atomic mass is 15.3. The van der Waals surface area contributed by atoms with Crippen LogP contribution in [0.15, 0.2) is 72.9 Å². The third kappa shape index (κ3) is 5.04. The second-order valence-electron chi connectivity index (χ2n) is 6.38. The van der Waals surface area contributed by atoms with Crippen LogP contribution in [0, 0.1) is 0 Å². The van der Waals surface area contributed by atoms with E-state index in [-0.39, 0.29) is 0 Å². The number of hydrogen-bond acceptors (Lipinski definition) is 5. The van der Waals surface area contributed by atoms with Gasteiger partial charge in [-0.25, -0.2) is 4.98 Å². The van der Waals surface area contributed by atoms with E-state index in [1.54, 1.807) is 6.20 Å². The number of likely N-dealkylation sites (N-methyl/N-ethyl adjacent to an activating group) is 1. The molecular formula is C21H25N5. The van der Waals surface area contributed by atoms with Gasteiger partial charge >= 0.3 is 0 Å². The van der Waals surface area contributed by atoms with Gasteiger partial charge in [0.1, 0.15) is 5.82 Å². The van der Waals surface area contributed by atoms with Crippen molar-refractivity contribution in [1.82, 2.24) is 14.9 Å². The molecule has 1 heterocycles. The summed E-state index contributed by atoms with van der Waals surface area (Å²) in [6, 6.07) is 22.5. The first-order valence-corrected chi connectivity index (χ1v) is 8.80. The lowest BCUT2D eigenvalue weighted by molar-refractivity contribution is 0.425. The second-order valence-corrected chi connectivity index (χ2v) is 6.38. The third-order valence-electron chi connectivity index (χ3n) is 4.00. The van der Waals surface area contributed by atoms with Crippen LogP contribution in [0.1, 0.15) is 5.56 Å². The van der Waals surface area contributed by atoms with Gasteiger partial charge in [-0.1, -0.05) is 48.5 Å². The highest BCUT2D eigenvalue weighted by Gasteiger charge is 2.13. The number of anilines is 3. The lowest BCUT2D eigenvalue weighted by Crippen LogP contribution is -2.22. The predicted octanol–water partition coefficient (Wildman–Crippen LogP) is 3.79. The van der Waals surface area contributed by atoms with Gasteiger partial charge in [-0.2, -0.15) is 4.98 Å². The zero-order valence-corrected chi connectivity index (χ0v) is 15.3. The molecule has 26 heavy (non-hydrogen) atoms. The van der Waals surface area contributed by atoms with Crippen molar-refractivity contribution in [3.05, 3.63) is 78.5 Å². The number of hydrogen-bond donors (Lipinski definition) is 1. The smallest absolute Gasteiger partial charge is 0.232 e. The Hall–Kier alpha value is -2.92. The fraction of sp³-hybridized carbons (Fsp3) is 0.238. The van der Waals surface area contributed by atoms with Crippen molar-refractivity contribution < 1.29 is 0 Å². The molecule has 0 spiro atoms. The van der Waals surface area contributed by atoms with Crippen LogP contribution in [0.5, 0.6) is 0 Å². The van der Waals surface area contributed by atoms with Gasteiger partial charge in [0.15, 0.2) is 0 Å². The van der Waals surface area contributed by atoms with Gasteiger partial charge in [0.2, 0.25) is 5.95 Å².